The molecule has 0 saturated carbocycles. The number of carboxylic acids is 1. The first-order valence-corrected chi connectivity index (χ1v) is 11.1. The van der Waals surface area contributed by atoms with Crippen molar-refractivity contribution in [3.05, 3.63) is 90.0 Å². The number of anilines is 2. The van der Waals surface area contributed by atoms with Crippen molar-refractivity contribution in [3.8, 4) is 0 Å². The van der Waals surface area contributed by atoms with E-state index >= 15 is 0 Å². The van der Waals surface area contributed by atoms with E-state index in [9.17, 15) is 18.0 Å². The molecule has 4 N–H and O–H groups in total. The first-order valence-electron chi connectivity index (χ1n) is 9.64. The van der Waals surface area contributed by atoms with Gasteiger partial charge in [-0.2, -0.15) is 4.72 Å². The number of sulfonamides is 1. The van der Waals surface area contributed by atoms with Gasteiger partial charge in [-0.15, -0.1) is 0 Å². The van der Waals surface area contributed by atoms with Crippen LogP contribution in [0.3, 0.4) is 0 Å². The Balaban J connectivity index is 1.71. The number of aliphatic carboxylic acids is 1. The summed E-state index contributed by atoms with van der Waals surface area (Å²) in [5.74, 6) is -1.52. The van der Waals surface area contributed by atoms with Gasteiger partial charge in [-0.05, 0) is 35.9 Å². The highest BCUT2D eigenvalue weighted by molar-refractivity contribution is 7.89. The number of nitrogens with one attached hydrogen (secondary N) is 3. The summed E-state index contributed by atoms with van der Waals surface area (Å²) < 4.78 is 26.5. The molecule has 0 aliphatic carbocycles. The maximum Gasteiger partial charge on any atom is 0.318 e. The van der Waals surface area contributed by atoms with E-state index in [2.05, 4.69) is 10.6 Å². The Hall–Kier alpha value is -3.95. The Labute approximate surface area is 184 Å². The number of fused-ring (bicyclic) bond motifs is 1. The normalized spacial score (nSPS) is 14.4. The first kappa shape index (κ1) is 21.3. The number of hydrogen-bond donors (Lipinski definition) is 4. The molecule has 0 unspecified atom stereocenters. The predicted octanol–water partition coefficient (Wildman–Crippen LogP) is 2.98. The summed E-state index contributed by atoms with van der Waals surface area (Å²) in [6.45, 7) is -0.707. The molecule has 1 aliphatic rings. The third kappa shape index (κ3) is 4.39. The van der Waals surface area contributed by atoms with Crippen LogP contribution in [0, 0.1) is 0 Å². The van der Waals surface area contributed by atoms with E-state index in [0.29, 0.717) is 22.6 Å². The second kappa shape index (κ2) is 8.66. The molecule has 1 aliphatic heterocycles. The van der Waals surface area contributed by atoms with Gasteiger partial charge >= 0.3 is 5.97 Å². The topological polar surface area (TPSA) is 125 Å². The van der Waals surface area contributed by atoms with Crippen LogP contribution in [-0.4, -0.2) is 31.9 Å². The molecule has 162 valence electrons. The number of hydrogen-bond acceptors (Lipinski definition) is 5. The Morgan fingerprint density at radius 3 is 2.25 bits per heavy atom. The number of carbonyl (C=O) groups excluding carboxylic acids is 1. The van der Waals surface area contributed by atoms with Crippen molar-refractivity contribution in [1.82, 2.24) is 4.72 Å². The van der Waals surface area contributed by atoms with Gasteiger partial charge in [0.1, 0.15) is 6.54 Å². The zero-order valence-corrected chi connectivity index (χ0v) is 17.5. The van der Waals surface area contributed by atoms with Crippen molar-refractivity contribution in [3.63, 3.8) is 0 Å². The van der Waals surface area contributed by atoms with Crippen LogP contribution in [0.4, 0.5) is 11.4 Å². The SMILES string of the molecule is O=C(O)CNS(=O)(=O)c1ccc(NC(=C2C(=O)Nc3ccccc32)c2ccccc2)cc1. The van der Waals surface area contributed by atoms with E-state index in [-0.39, 0.29) is 10.8 Å². The van der Waals surface area contributed by atoms with Crippen LogP contribution >= 0.6 is 0 Å². The monoisotopic (exact) mass is 449 g/mol. The van der Waals surface area contributed by atoms with Crippen LogP contribution in [0.25, 0.3) is 11.3 Å². The third-order valence-electron chi connectivity index (χ3n) is 4.83. The van der Waals surface area contributed by atoms with Gasteiger partial charge in [0.25, 0.3) is 5.91 Å². The first-order chi connectivity index (χ1) is 15.3. The molecule has 1 heterocycles. The molecular formula is C23H19N3O5S. The van der Waals surface area contributed by atoms with Gasteiger partial charge in [-0.1, -0.05) is 48.5 Å². The molecule has 0 radical (unpaired) electrons. The zero-order valence-electron chi connectivity index (χ0n) is 16.7. The highest BCUT2D eigenvalue weighted by Gasteiger charge is 2.28. The van der Waals surface area contributed by atoms with E-state index < -0.39 is 22.5 Å². The van der Waals surface area contributed by atoms with Gasteiger partial charge in [0.15, 0.2) is 0 Å². The summed E-state index contributed by atoms with van der Waals surface area (Å²) >= 11 is 0. The highest BCUT2D eigenvalue weighted by Crippen LogP contribution is 2.37. The number of carboxylic acid groups (broad SMARTS) is 1. The van der Waals surface area contributed by atoms with E-state index in [0.717, 1.165) is 11.1 Å². The molecule has 32 heavy (non-hydrogen) atoms. The van der Waals surface area contributed by atoms with Crippen LogP contribution in [0.2, 0.25) is 0 Å². The van der Waals surface area contributed by atoms with E-state index in [1.54, 1.807) is 12.1 Å². The average Bonchev–Trinajstić information content (AvgIpc) is 3.12. The molecule has 0 saturated heterocycles. The van der Waals surface area contributed by atoms with Crippen LogP contribution in [0.15, 0.2) is 83.8 Å². The number of amides is 1. The quantitative estimate of drug-likeness (QED) is 0.411. The van der Waals surface area contributed by atoms with E-state index in [1.807, 2.05) is 59.3 Å². The maximum absolute atomic E-state index is 12.8. The second-order valence-electron chi connectivity index (χ2n) is 6.98. The largest absolute Gasteiger partial charge is 0.480 e. The van der Waals surface area contributed by atoms with Crippen molar-refractivity contribution >= 4 is 44.5 Å². The fraction of sp³-hybridized carbons (Fsp3) is 0.0435. The summed E-state index contributed by atoms with van der Waals surface area (Å²) in [6.07, 6.45) is 0. The molecular weight excluding hydrogens is 430 g/mol. The Morgan fingerprint density at radius 1 is 0.906 bits per heavy atom. The lowest BCUT2D eigenvalue weighted by Gasteiger charge is -2.15. The lowest BCUT2D eigenvalue weighted by atomic mass is 10.00. The molecule has 0 aromatic heterocycles. The number of rotatable bonds is 7. The summed E-state index contributed by atoms with van der Waals surface area (Å²) in [4.78, 5) is 23.4. The Bertz CT molecular complexity index is 1320. The molecule has 8 nitrogen and oxygen atoms in total. The number of benzene rings is 3. The molecule has 9 heteroatoms. The van der Waals surface area contributed by atoms with Crippen molar-refractivity contribution in [2.24, 2.45) is 0 Å². The van der Waals surface area contributed by atoms with Crippen LogP contribution in [-0.2, 0) is 19.6 Å². The minimum atomic E-state index is -3.95. The van der Waals surface area contributed by atoms with Gasteiger partial charge in [0.2, 0.25) is 10.0 Å². The molecule has 0 bridgehead atoms. The van der Waals surface area contributed by atoms with Crippen molar-refractivity contribution in [1.29, 1.82) is 0 Å². The molecule has 3 aromatic carbocycles. The van der Waals surface area contributed by atoms with Gasteiger partial charge in [0, 0.05) is 16.9 Å². The highest BCUT2D eigenvalue weighted by atomic mass is 32.2. The van der Waals surface area contributed by atoms with Crippen molar-refractivity contribution in [2.75, 3.05) is 17.2 Å². The van der Waals surface area contributed by atoms with Crippen molar-refractivity contribution < 1.29 is 23.1 Å². The summed E-state index contributed by atoms with van der Waals surface area (Å²) in [5.41, 5.74) is 3.88. The molecule has 3 aromatic rings. The number of carbonyl (C=O) groups is 2. The minimum Gasteiger partial charge on any atom is -0.480 e. The molecule has 0 fully saturated rings. The molecule has 0 spiro atoms. The Morgan fingerprint density at radius 2 is 1.56 bits per heavy atom. The second-order valence-corrected chi connectivity index (χ2v) is 8.75. The third-order valence-corrected chi connectivity index (χ3v) is 6.25. The maximum atomic E-state index is 12.8. The standard InChI is InChI=1S/C23H19N3O5S/c27-20(28)14-24-32(30,31)17-12-10-16(11-13-17)25-22(15-6-2-1-3-7-15)21-18-8-4-5-9-19(18)26-23(21)29/h1-13,24-25H,14H2,(H,26,29)(H,27,28). The Kier molecular flexibility index (Phi) is 5.76. The molecule has 0 atom stereocenters. The van der Waals surface area contributed by atoms with Crippen molar-refractivity contribution in [2.45, 2.75) is 4.90 Å². The van der Waals surface area contributed by atoms with E-state index in [1.165, 1.54) is 12.1 Å². The fourth-order valence-corrected chi connectivity index (χ4v) is 4.33. The number of para-hydroxylation sites is 1. The lowest BCUT2D eigenvalue weighted by molar-refractivity contribution is -0.135. The molecule has 4 rings (SSSR count). The smallest absolute Gasteiger partial charge is 0.318 e. The van der Waals surface area contributed by atoms with Crippen LogP contribution in [0.5, 0.6) is 0 Å². The lowest BCUT2D eigenvalue weighted by Crippen LogP contribution is -2.29. The van der Waals surface area contributed by atoms with Crippen LogP contribution < -0.4 is 15.4 Å². The van der Waals surface area contributed by atoms with Crippen LogP contribution in [0.1, 0.15) is 11.1 Å². The van der Waals surface area contributed by atoms with E-state index in [4.69, 9.17) is 5.11 Å². The average molecular weight is 449 g/mol. The zero-order chi connectivity index (χ0) is 22.7. The summed E-state index contributed by atoms with van der Waals surface area (Å²) in [6, 6.07) is 22.6. The van der Waals surface area contributed by atoms with Gasteiger partial charge in [-0.25, -0.2) is 8.42 Å². The summed E-state index contributed by atoms with van der Waals surface area (Å²) in [7, 11) is -3.95. The van der Waals surface area contributed by atoms with Gasteiger partial charge < -0.3 is 15.7 Å². The summed E-state index contributed by atoms with van der Waals surface area (Å²) in [5, 5.41) is 14.8. The predicted molar refractivity (Wildman–Crippen MR) is 121 cm³/mol. The van der Waals surface area contributed by atoms with Gasteiger partial charge in [0.05, 0.1) is 16.2 Å². The molecule has 1 amide bonds. The fourth-order valence-electron chi connectivity index (χ4n) is 3.35. The minimum absolute atomic E-state index is 0.0674. The van der Waals surface area contributed by atoms with Gasteiger partial charge in [-0.3, -0.25) is 9.59 Å².